The molecule has 4 aromatic rings. The van der Waals surface area contributed by atoms with Gasteiger partial charge in [0.1, 0.15) is 5.58 Å². The number of methoxy groups -OCH3 is 4. The normalized spacial score (nSPS) is 24.3. The van der Waals surface area contributed by atoms with Crippen molar-refractivity contribution in [2.45, 2.75) is 76.7 Å². The number of aliphatic hydroxyl groups excluding tert-OH is 1. The largest absolute Gasteiger partial charge is 0.493 e. The third-order valence-corrected chi connectivity index (χ3v) is 14.1. The molecule has 13 heteroatoms. The van der Waals surface area contributed by atoms with Crippen molar-refractivity contribution in [1.29, 1.82) is 0 Å². The minimum atomic E-state index is -0.711. The molecular weight excluding hydrogens is 817 g/mol. The number of para-hydroxylation sites is 1. The van der Waals surface area contributed by atoms with Gasteiger partial charge in [-0.15, -0.1) is 0 Å². The van der Waals surface area contributed by atoms with E-state index in [0.717, 1.165) is 77.9 Å². The molecule has 346 valence electrons. The topological polar surface area (TPSA) is 131 Å². The molecule has 1 fully saturated rings. The first-order valence-corrected chi connectivity index (χ1v) is 23.1. The van der Waals surface area contributed by atoms with Gasteiger partial charge in [0.2, 0.25) is 6.29 Å². The van der Waals surface area contributed by atoms with Crippen molar-refractivity contribution in [3.05, 3.63) is 94.4 Å². The molecule has 1 amide bonds. The molecule has 13 nitrogen and oxygen atoms in total. The summed E-state index contributed by atoms with van der Waals surface area (Å²) in [4.78, 5) is 20.2. The Morgan fingerprint density at radius 2 is 1.47 bits per heavy atom. The number of aliphatic hydroxyl groups is 1. The molecule has 64 heavy (non-hydrogen) atoms. The summed E-state index contributed by atoms with van der Waals surface area (Å²) >= 11 is 0. The van der Waals surface area contributed by atoms with Gasteiger partial charge in [-0.25, -0.2) is 0 Å². The number of carbonyl (C=O) groups excluding carboxylic acids is 1. The van der Waals surface area contributed by atoms with Gasteiger partial charge in [-0.1, -0.05) is 31.5 Å². The summed E-state index contributed by atoms with van der Waals surface area (Å²) in [6, 6.07) is 16.5. The summed E-state index contributed by atoms with van der Waals surface area (Å²) in [6.07, 6.45) is 8.11. The number of allylic oxidation sites excluding steroid dienone is 1. The quantitative estimate of drug-likeness (QED) is 0.0916. The second-order valence-electron chi connectivity index (χ2n) is 17.3. The van der Waals surface area contributed by atoms with Crippen molar-refractivity contribution >= 4 is 16.9 Å². The number of fused-ring (bicyclic) bond motifs is 5. The highest BCUT2D eigenvalue weighted by molar-refractivity contribution is 5.93. The van der Waals surface area contributed by atoms with E-state index in [-0.39, 0.29) is 48.8 Å². The van der Waals surface area contributed by atoms with Crippen LogP contribution in [0.2, 0.25) is 0 Å². The summed E-state index contributed by atoms with van der Waals surface area (Å²) in [5.74, 6) is 3.27. The number of rotatable bonds is 19. The lowest BCUT2D eigenvalue weighted by Gasteiger charge is -2.49. The minimum Gasteiger partial charge on any atom is -0.493 e. The van der Waals surface area contributed by atoms with E-state index >= 15 is 4.79 Å². The van der Waals surface area contributed by atoms with Crippen LogP contribution in [0.1, 0.15) is 85.3 Å². The Morgan fingerprint density at radius 3 is 2.17 bits per heavy atom. The summed E-state index contributed by atoms with van der Waals surface area (Å²) in [6.45, 7) is 8.61. The van der Waals surface area contributed by atoms with Gasteiger partial charge < -0.3 is 52.3 Å². The van der Waals surface area contributed by atoms with Gasteiger partial charge in [-0.3, -0.25) is 9.69 Å². The SMILES string of the molecule is CCO[C@@H]1OC(C(=O)N2CCc3cc(OC)c(OC)cc3[C@H]2C[C@H]2C[C@H]3c4cc(OC)c(OC)cc4CCN3C[C@@H]2CC)=C[C@H](c2coc3ccccc23)[C@H]1CCOCCOCCO. The highest BCUT2D eigenvalue weighted by atomic mass is 16.7. The summed E-state index contributed by atoms with van der Waals surface area (Å²) in [5, 5.41) is 10.1. The molecule has 5 heterocycles. The van der Waals surface area contributed by atoms with Crippen molar-refractivity contribution in [2.24, 2.45) is 17.8 Å². The first-order chi connectivity index (χ1) is 31.3. The third-order valence-electron chi connectivity index (χ3n) is 14.1. The van der Waals surface area contributed by atoms with Gasteiger partial charge in [-0.2, -0.15) is 0 Å². The predicted octanol–water partition coefficient (Wildman–Crippen LogP) is 8.02. The van der Waals surface area contributed by atoms with Crippen LogP contribution < -0.4 is 18.9 Å². The van der Waals surface area contributed by atoms with Crippen molar-refractivity contribution in [1.82, 2.24) is 9.80 Å². The fourth-order valence-corrected chi connectivity index (χ4v) is 10.9. The van der Waals surface area contributed by atoms with E-state index in [1.54, 1.807) is 28.4 Å². The van der Waals surface area contributed by atoms with Crippen LogP contribution in [0.5, 0.6) is 23.0 Å². The Balaban J connectivity index is 1.15. The summed E-state index contributed by atoms with van der Waals surface area (Å²) < 4.78 is 53.9. The Bertz CT molecular complexity index is 2240. The zero-order valence-corrected chi connectivity index (χ0v) is 38.3. The number of hydrogen-bond donors (Lipinski definition) is 1. The maximum Gasteiger partial charge on any atom is 0.289 e. The first-order valence-electron chi connectivity index (χ1n) is 23.1. The van der Waals surface area contributed by atoms with Gasteiger partial charge >= 0.3 is 0 Å². The van der Waals surface area contributed by atoms with E-state index in [1.807, 2.05) is 42.4 Å². The van der Waals surface area contributed by atoms with Gasteiger partial charge in [0.15, 0.2) is 28.8 Å². The van der Waals surface area contributed by atoms with Crippen LogP contribution in [0, 0.1) is 17.8 Å². The first kappa shape index (κ1) is 45.8. The second-order valence-corrected chi connectivity index (χ2v) is 17.3. The van der Waals surface area contributed by atoms with Crippen molar-refractivity contribution in [3.8, 4) is 23.0 Å². The smallest absolute Gasteiger partial charge is 0.289 e. The number of hydrogen-bond acceptors (Lipinski definition) is 12. The number of piperidine rings is 1. The molecule has 0 spiro atoms. The Morgan fingerprint density at radius 1 is 0.797 bits per heavy atom. The fourth-order valence-electron chi connectivity index (χ4n) is 10.9. The van der Waals surface area contributed by atoms with Gasteiger partial charge in [0, 0.05) is 61.7 Å². The van der Waals surface area contributed by atoms with Gasteiger partial charge in [0.25, 0.3) is 5.91 Å². The molecule has 0 radical (unpaired) electrons. The number of nitrogens with zero attached hydrogens (tertiary/aromatic N) is 2. The number of ether oxygens (including phenoxy) is 8. The molecule has 4 aliphatic rings. The molecule has 1 saturated heterocycles. The number of carbonyl (C=O) groups is 1. The zero-order chi connectivity index (χ0) is 44.7. The molecule has 0 aliphatic carbocycles. The Kier molecular flexibility index (Phi) is 15.0. The molecule has 0 unspecified atom stereocenters. The lowest BCUT2D eigenvalue weighted by atomic mass is 9.72. The van der Waals surface area contributed by atoms with Crippen LogP contribution in [-0.4, -0.2) is 115 Å². The molecule has 0 saturated carbocycles. The molecule has 4 aliphatic heterocycles. The lowest BCUT2D eigenvalue weighted by Crippen LogP contribution is -2.48. The maximum atomic E-state index is 15.5. The number of amides is 1. The molecule has 1 N–H and O–H groups in total. The van der Waals surface area contributed by atoms with Crippen LogP contribution in [0.3, 0.4) is 0 Å². The Hall–Kier alpha value is -4.79. The standard InChI is InChI=1S/C51H66N2O11/c1-7-32-30-52-16-13-33-25-45(56-3)47(58-5)27-38(33)42(52)23-35(32)24-43-39-28-48(59-6)46(57-4)26-34(39)14-17-53(43)50(55)49-29-40(41-31-63-44-12-10-9-11-36(41)44)37(51(64-49)62-8-2)15-19-60-21-22-61-20-18-54/h9-12,25-29,31-32,35,37,40,42-43,51,54H,7-8,13-24,30H2,1-6H3/t32-,35+,37+,40-,42-,43+,51+/m0/s1. The molecule has 8 rings (SSSR count). The number of benzene rings is 3. The average molecular weight is 883 g/mol. The summed E-state index contributed by atoms with van der Waals surface area (Å²) in [5.41, 5.74) is 6.61. The molecule has 0 bridgehead atoms. The van der Waals surface area contributed by atoms with Crippen LogP contribution in [-0.2, 0) is 36.6 Å². The van der Waals surface area contributed by atoms with E-state index in [2.05, 4.69) is 42.2 Å². The second kappa shape index (κ2) is 21.0. The summed E-state index contributed by atoms with van der Waals surface area (Å²) in [7, 11) is 6.73. The lowest BCUT2D eigenvalue weighted by molar-refractivity contribution is -0.173. The molecule has 1 aromatic heterocycles. The van der Waals surface area contributed by atoms with E-state index in [9.17, 15) is 0 Å². The van der Waals surface area contributed by atoms with Crippen LogP contribution in [0.25, 0.3) is 11.0 Å². The maximum absolute atomic E-state index is 15.5. The van der Waals surface area contributed by atoms with Gasteiger partial charge in [-0.05, 0) is 110 Å². The Labute approximate surface area is 377 Å². The van der Waals surface area contributed by atoms with Crippen LogP contribution in [0.4, 0.5) is 0 Å². The van der Waals surface area contributed by atoms with Crippen LogP contribution in [0.15, 0.2) is 71.0 Å². The fraction of sp³-hybridized carbons (Fsp3) is 0.549. The van der Waals surface area contributed by atoms with Crippen LogP contribution >= 0.6 is 0 Å². The predicted molar refractivity (Wildman–Crippen MR) is 242 cm³/mol. The zero-order valence-electron chi connectivity index (χ0n) is 38.3. The van der Waals surface area contributed by atoms with Gasteiger partial charge in [0.05, 0.1) is 67.2 Å². The molecular formula is C51H66N2O11. The van der Waals surface area contributed by atoms with Crippen molar-refractivity contribution in [3.63, 3.8) is 0 Å². The monoisotopic (exact) mass is 882 g/mol. The molecule has 7 atom stereocenters. The molecule has 3 aromatic carbocycles. The third kappa shape index (κ3) is 9.33. The highest BCUT2D eigenvalue weighted by Crippen LogP contribution is 2.50. The van der Waals surface area contributed by atoms with E-state index in [0.29, 0.717) is 69.1 Å². The van der Waals surface area contributed by atoms with E-state index in [1.165, 1.54) is 11.1 Å². The number of furan rings is 1. The van der Waals surface area contributed by atoms with E-state index in [4.69, 9.17) is 47.4 Å². The van der Waals surface area contributed by atoms with Crippen molar-refractivity contribution < 1.29 is 52.2 Å². The average Bonchev–Trinajstić information content (AvgIpc) is 3.76. The van der Waals surface area contributed by atoms with E-state index < -0.39 is 6.29 Å². The van der Waals surface area contributed by atoms with Crippen molar-refractivity contribution in [2.75, 3.05) is 87.7 Å². The highest BCUT2D eigenvalue weighted by Gasteiger charge is 2.45. The minimum absolute atomic E-state index is 0.0306.